The Bertz CT molecular complexity index is 214. The van der Waals surface area contributed by atoms with Gasteiger partial charge in [-0.05, 0) is 46.7 Å². The minimum Gasteiger partial charge on any atom is -0.466 e. The standard InChI is InChI=1S/C13H27NO2/c1-7-16-12(15)10-13(4,14(5)6)9-8-11(2)3/h11H,7-10H2,1-6H3. The van der Waals surface area contributed by atoms with E-state index in [4.69, 9.17) is 4.74 Å². The first kappa shape index (κ1) is 15.4. The van der Waals surface area contributed by atoms with Gasteiger partial charge in [-0.15, -0.1) is 0 Å². The molecule has 0 saturated carbocycles. The van der Waals surface area contributed by atoms with Crippen LogP contribution < -0.4 is 0 Å². The maximum absolute atomic E-state index is 11.6. The third kappa shape index (κ3) is 5.50. The molecule has 0 fully saturated rings. The molecule has 0 amide bonds. The molecule has 0 aliphatic rings. The van der Waals surface area contributed by atoms with Gasteiger partial charge >= 0.3 is 5.97 Å². The van der Waals surface area contributed by atoms with Crippen LogP contribution in [0.4, 0.5) is 0 Å². The third-order valence-electron chi connectivity index (χ3n) is 3.17. The topological polar surface area (TPSA) is 29.5 Å². The number of nitrogens with zero attached hydrogens (tertiary/aromatic N) is 1. The lowest BCUT2D eigenvalue weighted by Crippen LogP contribution is -2.43. The molecule has 1 atom stereocenters. The summed E-state index contributed by atoms with van der Waals surface area (Å²) in [6.07, 6.45) is 2.63. The summed E-state index contributed by atoms with van der Waals surface area (Å²) in [5, 5.41) is 0. The van der Waals surface area contributed by atoms with Crippen molar-refractivity contribution in [3.05, 3.63) is 0 Å². The number of ether oxygens (including phenoxy) is 1. The van der Waals surface area contributed by atoms with Crippen molar-refractivity contribution in [3.8, 4) is 0 Å². The number of carbonyl (C=O) groups excluding carboxylic acids is 1. The van der Waals surface area contributed by atoms with E-state index in [-0.39, 0.29) is 11.5 Å². The number of esters is 1. The molecule has 0 aromatic carbocycles. The maximum Gasteiger partial charge on any atom is 0.307 e. The molecule has 1 unspecified atom stereocenters. The molecule has 0 aromatic heterocycles. The number of hydrogen-bond donors (Lipinski definition) is 0. The molecule has 96 valence electrons. The van der Waals surface area contributed by atoms with Crippen LogP contribution in [0.25, 0.3) is 0 Å². The molecule has 0 aliphatic heterocycles. The predicted molar refractivity (Wildman–Crippen MR) is 67.4 cm³/mol. The maximum atomic E-state index is 11.6. The van der Waals surface area contributed by atoms with Gasteiger partial charge < -0.3 is 9.64 Å². The van der Waals surface area contributed by atoms with Crippen molar-refractivity contribution < 1.29 is 9.53 Å². The zero-order chi connectivity index (χ0) is 12.8. The van der Waals surface area contributed by atoms with Crippen molar-refractivity contribution in [2.24, 2.45) is 5.92 Å². The van der Waals surface area contributed by atoms with Crippen LogP contribution in [0, 0.1) is 5.92 Å². The normalized spacial score (nSPS) is 15.2. The fourth-order valence-electron chi connectivity index (χ4n) is 1.59. The van der Waals surface area contributed by atoms with Crippen LogP contribution in [-0.2, 0) is 9.53 Å². The van der Waals surface area contributed by atoms with Crippen molar-refractivity contribution in [2.75, 3.05) is 20.7 Å². The second-order valence-electron chi connectivity index (χ2n) is 5.31. The molecule has 0 bridgehead atoms. The van der Waals surface area contributed by atoms with Crippen LogP contribution >= 0.6 is 0 Å². The van der Waals surface area contributed by atoms with Crippen molar-refractivity contribution in [3.63, 3.8) is 0 Å². The summed E-state index contributed by atoms with van der Waals surface area (Å²) in [6.45, 7) is 8.86. The zero-order valence-corrected chi connectivity index (χ0v) is 11.7. The average Bonchev–Trinajstić information content (AvgIpc) is 2.14. The Morgan fingerprint density at radius 2 is 1.94 bits per heavy atom. The Balaban J connectivity index is 4.38. The largest absolute Gasteiger partial charge is 0.466 e. The summed E-state index contributed by atoms with van der Waals surface area (Å²) in [7, 11) is 4.05. The van der Waals surface area contributed by atoms with Crippen LogP contribution in [0.1, 0.15) is 47.0 Å². The Labute approximate surface area is 100 Å². The van der Waals surface area contributed by atoms with Gasteiger partial charge in [0.05, 0.1) is 13.0 Å². The predicted octanol–water partition coefficient (Wildman–Crippen LogP) is 2.70. The smallest absolute Gasteiger partial charge is 0.307 e. The first-order chi connectivity index (χ1) is 7.31. The first-order valence-electron chi connectivity index (χ1n) is 6.15. The zero-order valence-electron chi connectivity index (χ0n) is 11.7. The van der Waals surface area contributed by atoms with Crippen LogP contribution in [0.2, 0.25) is 0 Å². The summed E-state index contributed by atoms with van der Waals surface area (Å²) in [5.41, 5.74) is -0.0868. The quantitative estimate of drug-likeness (QED) is 0.629. The van der Waals surface area contributed by atoms with Gasteiger partial charge in [-0.1, -0.05) is 13.8 Å². The summed E-state index contributed by atoms with van der Waals surface area (Å²) >= 11 is 0. The van der Waals surface area contributed by atoms with Gasteiger partial charge in [0.2, 0.25) is 0 Å². The lowest BCUT2D eigenvalue weighted by molar-refractivity contribution is -0.146. The highest BCUT2D eigenvalue weighted by Gasteiger charge is 2.30. The fraction of sp³-hybridized carbons (Fsp3) is 0.923. The van der Waals surface area contributed by atoms with Gasteiger partial charge in [0.15, 0.2) is 0 Å². The highest BCUT2D eigenvalue weighted by Crippen LogP contribution is 2.25. The van der Waals surface area contributed by atoms with Gasteiger partial charge in [-0.25, -0.2) is 0 Å². The summed E-state index contributed by atoms with van der Waals surface area (Å²) < 4.78 is 5.03. The van der Waals surface area contributed by atoms with Crippen LogP contribution in [0.3, 0.4) is 0 Å². The average molecular weight is 229 g/mol. The molecular weight excluding hydrogens is 202 g/mol. The van der Waals surface area contributed by atoms with Gasteiger partial charge in [0.25, 0.3) is 0 Å². The highest BCUT2D eigenvalue weighted by atomic mass is 16.5. The molecule has 3 nitrogen and oxygen atoms in total. The highest BCUT2D eigenvalue weighted by molar-refractivity contribution is 5.70. The molecular formula is C13H27NO2. The molecule has 0 spiro atoms. The van der Waals surface area contributed by atoms with Crippen molar-refractivity contribution in [2.45, 2.75) is 52.5 Å². The Kier molecular flexibility index (Phi) is 6.65. The van der Waals surface area contributed by atoms with E-state index in [9.17, 15) is 4.79 Å². The number of rotatable bonds is 7. The Hall–Kier alpha value is -0.570. The van der Waals surface area contributed by atoms with E-state index < -0.39 is 0 Å². The van der Waals surface area contributed by atoms with E-state index in [2.05, 4.69) is 25.7 Å². The van der Waals surface area contributed by atoms with E-state index in [0.29, 0.717) is 18.9 Å². The van der Waals surface area contributed by atoms with Crippen molar-refractivity contribution in [1.82, 2.24) is 4.90 Å². The lowest BCUT2D eigenvalue weighted by Gasteiger charge is -2.36. The molecule has 16 heavy (non-hydrogen) atoms. The second kappa shape index (κ2) is 6.89. The van der Waals surface area contributed by atoms with Gasteiger partial charge in [-0.3, -0.25) is 4.79 Å². The fourth-order valence-corrected chi connectivity index (χ4v) is 1.59. The minimum atomic E-state index is -0.0949. The van der Waals surface area contributed by atoms with E-state index in [1.54, 1.807) is 0 Å². The molecule has 3 heteroatoms. The number of hydrogen-bond acceptors (Lipinski definition) is 3. The van der Waals surface area contributed by atoms with E-state index >= 15 is 0 Å². The molecule has 0 radical (unpaired) electrons. The molecule has 0 N–H and O–H groups in total. The van der Waals surface area contributed by atoms with Gasteiger partial charge in [0, 0.05) is 5.54 Å². The van der Waals surface area contributed by atoms with E-state index in [1.807, 2.05) is 21.0 Å². The third-order valence-corrected chi connectivity index (χ3v) is 3.17. The Morgan fingerprint density at radius 3 is 2.31 bits per heavy atom. The van der Waals surface area contributed by atoms with E-state index in [1.165, 1.54) is 0 Å². The van der Waals surface area contributed by atoms with Crippen molar-refractivity contribution in [1.29, 1.82) is 0 Å². The van der Waals surface area contributed by atoms with Crippen LogP contribution in [0.15, 0.2) is 0 Å². The summed E-state index contributed by atoms with van der Waals surface area (Å²) in [6, 6.07) is 0. The molecule has 0 aliphatic carbocycles. The monoisotopic (exact) mass is 229 g/mol. The van der Waals surface area contributed by atoms with E-state index in [0.717, 1.165) is 12.8 Å². The lowest BCUT2D eigenvalue weighted by atomic mass is 9.88. The minimum absolute atomic E-state index is 0.0868. The Morgan fingerprint density at radius 1 is 1.38 bits per heavy atom. The molecule has 0 saturated heterocycles. The summed E-state index contributed by atoms with van der Waals surface area (Å²) in [5.74, 6) is 0.573. The number of carbonyl (C=O) groups is 1. The van der Waals surface area contributed by atoms with Crippen molar-refractivity contribution >= 4 is 5.97 Å². The van der Waals surface area contributed by atoms with Gasteiger partial charge in [-0.2, -0.15) is 0 Å². The SMILES string of the molecule is CCOC(=O)CC(C)(CCC(C)C)N(C)C. The molecule has 0 rings (SSSR count). The first-order valence-corrected chi connectivity index (χ1v) is 6.15. The molecule has 0 aromatic rings. The molecule has 0 heterocycles. The van der Waals surface area contributed by atoms with Crippen LogP contribution in [0.5, 0.6) is 0 Å². The second-order valence-corrected chi connectivity index (χ2v) is 5.31. The van der Waals surface area contributed by atoms with Gasteiger partial charge in [0.1, 0.15) is 0 Å². The summed E-state index contributed by atoms with van der Waals surface area (Å²) in [4.78, 5) is 13.7. The van der Waals surface area contributed by atoms with Crippen LogP contribution in [-0.4, -0.2) is 37.1 Å².